The van der Waals surface area contributed by atoms with Crippen LogP contribution in [0, 0.1) is 0 Å². The normalized spacial score (nSPS) is 10.2. The van der Waals surface area contributed by atoms with Gasteiger partial charge in [-0.3, -0.25) is 4.79 Å². The monoisotopic (exact) mass is 326 g/mol. The third kappa shape index (κ3) is 6.73. The maximum Gasteiger partial charge on any atom is 0.243 e. The molecule has 0 aliphatic carbocycles. The van der Waals surface area contributed by atoms with Gasteiger partial charge >= 0.3 is 0 Å². The number of ether oxygens (including phenoxy) is 1. The Morgan fingerprint density at radius 3 is 2.38 bits per heavy atom. The minimum absolute atomic E-state index is 0.0718. The van der Waals surface area contributed by atoms with E-state index >= 15 is 0 Å². The van der Waals surface area contributed by atoms with Crippen molar-refractivity contribution in [2.75, 3.05) is 23.8 Å². The number of anilines is 2. The first kappa shape index (κ1) is 17.9. The molecule has 0 radical (unpaired) electrons. The fraction of sp³-hybridized carbons (Fsp3) is 0.350. The largest absolute Gasteiger partial charge is 0.494 e. The molecule has 0 bridgehead atoms. The van der Waals surface area contributed by atoms with Crippen molar-refractivity contribution >= 4 is 17.3 Å². The lowest BCUT2D eigenvalue weighted by Crippen LogP contribution is -2.21. The van der Waals surface area contributed by atoms with E-state index in [9.17, 15) is 4.79 Å². The number of amides is 1. The Bertz CT molecular complexity index is 597. The van der Waals surface area contributed by atoms with Crippen LogP contribution in [0.4, 0.5) is 11.4 Å². The lowest BCUT2D eigenvalue weighted by atomic mass is 10.2. The van der Waals surface area contributed by atoms with Crippen LogP contribution < -0.4 is 15.4 Å². The Morgan fingerprint density at radius 2 is 1.67 bits per heavy atom. The number of carbonyl (C=O) groups is 1. The fourth-order valence-corrected chi connectivity index (χ4v) is 2.30. The van der Waals surface area contributed by atoms with Crippen LogP contribution in [0.15, 0.2) is 54.6 Å². The summed E-state index contributed by atoms with van der Waals surface area (Å²) in [4.78, 5) is 11.9. The van der Waals surface area contributed by atoms with E-state index in [-0.39, 0.29) is 12.5 Å². The maximum atomic E-state index is 11.9. The average Bonchev–Trinajstić information content (AvgIpc) is 2.62. The molecular weight excluding hydrogens is 300 g/mol. The molecule has 0 aliphatic rings. The van der Waals surface area contributed by atoms with E-state index in [1.54, 1.807) is 0 Å². The van der Waals surface area contributed by atoms with Crippen molar-refractivity contribution < 1.29 is 9.53 Å². The zero-order valence-electron chi connectivity index (χ0n) is 14.3. The Labute approximate surface area is 144 Å². The predicted molar refractivity (Wildman–Crippen MR) is 99.6 cm³/mol. The van der Waals surface area contributed by atoms with Crippen molar-refractivity contribution in [3.63, 3.8) is 0 Å². The van der Waals surface area contributed by atoms with E-state index in [1.807, 2.05) is 54.6 Å². The van der Waals surface area contributed by atoms with Crippen LogP contribution in [-0.2, 0) is 4.79 Å². The van der Waals surface area contributed by atoms with E-state index in [0.29, 0.717) is 0 Å². The maximum absolute atomic E-state index is 11.9. The summed E-state index contributed by atoms with van der Waals surface area (Å²) < 4.78 is 5.71. The quantitative estimate of drug-likeness (QED) is 0.622. The first-order valence-corrected chi connectivity index (χ1v) is 8.59. The van der Waals surface area contributed by atoms with Crippen LogP contribution in [0.1, 0.15) is 32.6 Å². The number of benzene rings is 2. The highest BCUT2D eigenvalue weighted by Gasteiger charge is 2.02. The molecule has 1 amide bonds. The van der Waals surface area contributed by atoms with E-state index in [1.165, 1.54) is 19.3 Å². The SMILES string of the molecule is CCCCCCOc1ccc(NCC(=O)Nc2ccccc2)cc1. The van der Waals surface area contributed by atoms with Gasteiger partial charge in [0.2, 0.25) is 5.91 Å². The van der Waals surface area contributed by atoms with E-state index in [0.717, 1.165) is 30.2 Å². The minimum atomic E-state index is -0.0718. The zero-order chi connectivity index (χ0) is 17.0. The zero-order valence-corrected chi connectivity index (χ0v) is 14.3. The number of carbonyl (C=O) groups excluding carboxylic acids is 1. The van der Waals surface area contributed by atoms with E-state index < -0.39 is 0 Å². The van der Waals surface area contributed by atoms with Gasteiger partial charge in [-0.05, 0) is 42.8 Å². The number of nitrogens with one attached hydrogen (secondary N) is 2. The van der Waals surface area contributed by atoms with Crippen molar-refractivity contribution in [3.05, 3.63) is 54.6 Å². The second-order valence-electron chi connectivity index (χ2n) is 5.70. The third-order valence-corrected chi connectivity index (χ3v) is 3.63. The van der Waals surface area contributed by atoms with Gasteiger partial charge in [0.1, 0.15) is 5.75 Å². The molecule has 0 aliphatic heterocycles. The van der Waals surface area contributed by atoms with Crippen molar-refractivity contribution in [1.82, 2.24) is 0 Å². The fourth-order valence-electron chi connectivity index (χ4n) is 2.30. The van der Waals surface area contributed by atoms with Gasteiger partial charge < -0.3 is 15.4 Å². The summed E-state index contributed by atoms with van der Waals surface area (Å²) in [6.45, 7) is 3.19. The molecule has 2 rings (SSSR count). The lowest BCUT2D eigenvalue weighted by molar-refractivity contribution is -0.114. The Hall–Kier alpha value is -2.49. The molecule has 2 N–H and O–H groups in total. The third-order valence-electron chi connectivity index (χ3n) is 3.63. The molecule has 0 aromatic heterocycles. The number of hydrogen-bond acceptors (Lipinski definition) is 3. The van der Waals surface area contributed by atoms with Crippen LogP contribution in [-0.4, -0.2) is 19.1 Å². The molecule has 4 heteroatoms. The highest BCUT2D eigenvalue weighted by molar-refractivity contribution is 5.93. The Kier molecular flexibility index (Phi) is 7.68. The summed E-state index contributed by atoms with van der Waals surface area (Å²) >= 11 is 0. The van der Waals surface area contributed by atoms with E-state index in [2.05, 4.69) is 17.6 Å². The van der Waals surface area contributed by atoms with Crippen LogP contribution in [0.5, 0.6) is 5.75 Å². The standard InChI is InChI=1S/C20H26N2O2/c1-2-3-4-8-15-24-19-13-11-17(12-14-19)21-16-20(23)22-18-9-6-5-7-10-18/h5-7,9-14,21H,2-4,8,15-16H2,1H3,(H,22,23). The Morgan fingerprint density at radius 1 is 0.917 bits per heavy atom. The number of rotatable bonds is 10. The minimum Gasteiger partial charge on any atom is -0.494 e. The molecular formula is C20H26N2O2. The summed E-state index contributed by atoms with van der Waals surface area (Å²) in [5.41, 5.74) is 1.70. The molecule has 0 fully saturated rings. The number of hydrogen-bond donors (Lipinski definition) is 2. The summed E-state index contributed by atoms with van der Waals surface area (Å²) in [5, 5.41) is 5.95. The smallest absolute Gasteiger partial charge is 0.243 e. The van der Waals surface area contributed by atoms with Crippen LogP contribution in [0.3, 0.4) is 0 Å². The second-order valence-corrected chi connectivity index (χ2v) is 5.70. The van der Waals surface area contributed by atoms with Crippen molar-refractivity contribution in [3.8, 4) is 5.75 Å². The lowest BCUT2D eigenvalue weighted by Gasteiger charge is -2.09. The van der Waals surface area contributed by atoms with Gasteiger partial charge in [-0.15, -0.1) is 0 Å². The first-order valence-electron chi connectivity index (χ1n) is 8.59. The molecule has 0 unspecified atom stereocenters. The van der Waals surface area contributed by atoms with Gasteiger partial charge in [-0.25, -0.2) is 0 Å². The molecule has 2 aromatic rings. The van der Waals surface area contributed by atoms with Gasteiger partial charge in [-0.2, -0.15) is 0 Å². The molecule has 0 saturated heterocycles. The summed E-state index contributed by atoms with van der Waals surface area (Å²) in [6.07, 6.45) is 4.80. The van der Waals surface area contributed by atoms with Gasteiger partial charge in [-0.1, -0.05) is 44.4 Å². The summed E-state index contributed by atoms with van der Waals surface area (Å²) in [5.74, 6) is 0.795. The molecule has 4 nitrogen and oxygen atoms in total. The van der Waals surface area contributed by atoms with Gasteiger partial charge in [0, 0.05) is 11.4 Å². The molecule has 0 saturated carbocycles. The van der Waals surface area contributed by atoms with Crippen molar-refractivity contribution in [2.45, 2.75) is 32.6 Å². The highest BCUT2D eigenvalue weighted by Crippen LogP contribution is 2.16. The average molecular weight is 326 g/mol. The van der Waals surface area contributed by atoms with Gasteiger partial charge in [0.15, 0.2) is 0 Å². The molecule has 2 aromatic carbocycles. The Balaban J connectivity index is 1.68. The van der Waals surface area contributed by atoms with Gasteiger partial charge in [0.25, 0.3) is 0 Å². The first-order chi connectivity index (χ1) is 11.8. The molecule has 24 heavy (non-hydrogen) atoms. The molecule has 0 spiro atoms. The molecule has 0 atom stereocenters. The number of para-hydroxylation sites is 1. The second kappa shape index (κ2) is 10.3. The summed E-state index contributed by atoms with van der Waals surface area (Å²) in [7, 11) is 0. The molecule has 0 heterocycles. The van der Waals surface area contributed by atoms with Crippen LogP contribution >= 0.6 is 0 Å². The van der Waals surface area contributed by atoms with Crippen molar-refractivity contribution in [1.29, 1.82) is 0 Å². The van der Waals surface area contributed by atoms with Crippen molar-refractivity contribution in [2.24, 2.45) is 0 Å². The van der Waals surface area contributed by atoms with E-state index in [4.69, 9.17) is 4.74 Å². The topological polar surface area (TPSA) is 50.4 Å². The van der Waals surface area contributed by atoms with Gasteiger partial charge in [0.05, 0.1) is 13.2 Å². The van der Waals surface area contributed by atoms with Crippen LogP contribution in [0.25, 0.3) is 0 Å². The predicted octanol–water partition coefficient (Wildman–Crippen LogP) is 4.70. The highest BCUT2D eigenvalue weighted by atomic mass is 16.5. The van der Waals surface area contributed by atoms with Crippen LogP contribution in [0.2, 0.25) is 0 Å². The number of unbranched alkanes of at least 4 members (excludes halogenated alkanes) is 3. The summed E-state index contributed by atoms with van der Waals surface area (Å²) in [6, 6.07) is 17.1. The molecule has 128 valence electrons.